The molecule has 0 bridgehead atoms. The van der Waals surface area contributed by atoms with Crippen LogP contribution in [0.5, 0.6) is 0 Å². The van der Waals surface area contributed by atoms with E-state index in [1.165, 1.54) is 18.3 Å². The van der Waals surface area contributed by atoms with Gasteiger partial charge < -0.3 is 9.84 Å². The molecule has 1 unspecified atom stereocenters. The van der Waals surface area contributed by atoms with Crippen LogP contribution in [0.2, 0.25) is 5.15 Å². The van der Waals surface area contributed by atoms with Crippen molar-refractivity contribution < 1.29 is 14.6 Å². The molecule has 0 aliphatic carbocycles. The van der Waals surface area contributed by atoms with Crippen LogP contribution in [0.15, 0.2) is 18.3 Å². The van der Waals surface area contributed by atoms with E-state index in [0.717, 1.165) is 0 Å². The lowest BCUT2D eigenvalue weighted by molar-refractivity contribution is -0.155. The summed E-state index contributed by atoms with van der Waals surface area (Å²) in [6, 6.07) is 3.05. The van der Waals surface area contributed by atoms with E-state index in [-0.39, 0.29) is 12.5 Å². The summed E-state index contributed by atoms with van der Waals surface area (Å²) in [5.41, 5.74) is 0.373. The summed E-state index contributed by atoms with van der Waals surface area (Å²) in [5.74, 6) is -0.433. The van der Waals surface area contributed by atoms with Crippen molar-refractivity contribution in [2.45, 2.75) is 20.0 Å². The van der Waals surface area contributed by atoms with E-state index in [4.69, 9.17) is 16.3 Å². The zero-order chi connectivity index (χ0) is 12.1. The Balaban J connectivity index is 2.59. The molecule has 0 spiro atoms. The average Bonchev–Trinajstić information content (AvgIpc) is 2.26. The minimum absolute atomic E-state index is 0.236. The van der Waals surface area contributed by atoms with Gasteiger partial charge in [0.2, 0.25) is 0 Å². The molecule has 1 heterocycles. The summed E-state index contributed by atoms with van der Waals surface area (Å²) < 4.78 is 4.90. The molecular weight excluding hydrogens is 230 g/mol. The standard InChI is InChI=1S/C11H14ClNO3/c1-7(2)6-16-11(15)10(14)8-3-4-9(12)13-5-8/h3-5,7,10,14H,6H2,1-2H3. The van der Waals surface area contributed by atoms with Gasteiger partial charge in [0.1, 0.15) is 5.15 Å². The van der Waals surface area contributed by atoms with Gasteiger partial charge in [-0.25, -0.2) is 9.78 Å². The number of carbonyl (C=O) groups excluding carboxylic acids is 1. The smallest absolute Gasteiger partial charge is 0.339 e. The molecule has 0 saturated carbocycles. The molecule has 0 aliphatic heterocycles. The van der Waals surface area contributed by atoms with E-state index in [2.05, 4.69) is 4.98 Å². The molecule has 1 aromatic heterocycles. The first-order chi connectivity index (χ1) is 7.50. The molecule has 5 heteroatoms. The number of hydrogen-bond acceptors (Lipinski definition) is 4. The number of rotatable bonds is 4. The van der Waals surface area contributed by atoms with Crippen LogP contribution >= 0.6 is 11.6 Å². The van der Waals surface area contributed by atoms with Crippen LogP contribution in [0.4, 0.5) is 0 Å². The molecule has 1 N–H and O–H groups in total. The maximum atomic E-state index is 11.4. The highest BCUT2D eigenvalue weighted by Gasteiger charge is 2.19. The Labute approximate surface area is 99.2 Å². The van der Waals surface area contributed by atoms with E-state index >= 15 is 0 Å². The SMILES string of the molecule is CC(C)COC(=O)C(O)c1ccc(Cl)nc1. The van der Waals surface area contributed by atoms with Crippen molar-refractivity contribution in [2.24, 2.45) is 5.92 Å². The Morgan fingerprint density at radius 1 is 1.56 bits per heavy atom. The summed E-state index contributed by atoms with van der Waals surface area (Å²) in [6.07, 6.45) is 0.0485. The number of pyridine rings is 1. The van der Waals surface area contributed by atoms with Gasteiger partial charge in [0.05, 0.1) is 6.61 Å². The summed E-state index contributed by atoms with van der Waals surface area (Å²) >= 11 is 5.59. The topological polar surface area (TPSA) is 59.4 Å². The number of ether oxygens (including phenoxy) is 1. The van der Waals surface area contributed by atoms with Crippen molar-refractivity contribution in [3.05, 3.63) is 29.0 Å². The van der Waals surface area contributed by atoms with Crippen LogP contribution < -0.4 is 0 Å². The predicted molar refractivity (Wildman–Crippen MR) is 60.0 cm³/mol. The lowest BCUT2D eigenvalue weighted by atomic mass is 10.1. The summed E-state index contributed by atoms with van der Waals surface area (Å²) in [5, 5.41) is 9.95. The van der Waals surface area contributed by atoms with Crippen LogP contribution in [0.25, 0.3) is 0 Å². The zero-order valence-corrected chi connectivity index (χ0v) is 9.94. The number of aromatic nitrogens is 1. The van der Waals surface area contributed by atoms with Gasteiger partial charge in [-0.2, -0.15) is 0 Å². The number of hydrogen-bond donors (Lipinski definition) is 1. The highest BCUT2D eigenvalue weighted by Crippen LogP contribution is 2.15. The van der Waals surface area contributed by atoms with Gasteiger partial charge in [-0.15, -0.1) is 0 Å². The number of halogens is 1. The van der Waals surface area contributed by atoms with Crippen LogP contribution in [0, 0.1) is 5.92 Å². The van der Waals surface area contributed by atoms with Gasteiger partial charge in [0, 0.05) is 11.8 Å². The maximum Gasteiger partial charge on any atom is 0.339 e. The lowest BCUT2D eigenvalue weighted by Gasteiger charge is -2.11. The molecule has 16 heavy (non-hydrogen) atoms. The molecule has 88 valence electrons. The normalized spacial score (nSPS) is 12.6. The first-order valence-electron chi connectivity index (χ1n) is 4.97. The van der Waals surface area contributed by atoms with Gasteiger partial charge in [-0.3, -0.25) is 0 Å². The molecule has 0 aliphatic rings. The Morgan fingerprint density at radius 2 is 2.25 bits per heavy atom. The largest absolute Gasteiger partial charge is 0.463 e. The molecule has 0 radical (unpaired) electrons. The van der Waals surface area contributed by atoms with Crippen molar-refractivity contribution in [2.75, 3.05) is 6.61 Å². The number of carbonyl (C=O) groups is 1. The monoisotopic (exact) mass is 243 g/mol. The minimum atomic E-state index is -1.30. The second-order valence-corrected chi connectivity index (χ2v) is 4.23. The third-order valence-corrected chi connectivity index (χ3v) is 2.07. The fourth-order valence-electron chi connectivity index (χ4n) is 1.01. The molecule has 0 saturated heterocycles. The molecule has 0 fully saturated rings. The van der Waals surface area contributed by atoms with Crippen molar-refractivity contribution in [1.29, 1.82) is 0 Å². The van der Waals surface area contributed by atoms with E-state index in [9.17, 15) is 9.90 Å². The summed E-state index contributed by atoms with van der Waals surface area (Å²) in [4.78, 5) is 15.2. The van der Waals surface area contributed by atoms with E-state index in [1.807, 2.05) is 13.8 Å². The van der Waals surface area contributed by atoms with Crippen molar-refractivity contribution in [3.8, 4) is 0 Å². The summed E-state index contributed by atoms with van der Waals surface area (Å²) in [6.45, 7) is 4.13. The molecule has 1 rings (SSSR count). The molecule has 1 atom stereocenters. The van der Waals surface area contributed by atoms with Crippen LogP contribution in [0.1, 0.15) is 25.5 Å². The van der Waals surface area contributed by atoms with E-state index < -0.39 is 12.1 Å². The minimum Gasteiger partial charge on any atom is -0.463 e. The fraction of sp³-hybridized carbons (Fsp3) is 0.455. The van der Waals surface area contributed by atoms with E-state index in [0.29, 0.717) is 10.7 Å². The van der Waals surface area contributed by atoms with Gasteiger partial charge in [-0.05, 0) is 12.0 Å². The average molecular weight is 244 g/mol. The molecule has 0 amide bonds. The molecular formula is C11H14ClNO3. The van der Waals surface area contributed by atoms with Crippen molar-refractivity contribution in [1.82, 2.24) is 4.98 Å². The van der Waals surface area contributed by atoms with Gasteiger partial charge >= 0.3 is 5.97 Å². The number of aliphatic hydroxyl groups excluding tert-OH is 1. The first-order valence-corrected chi connectivity index (χ1v) is 5.34. The lowest BCUT2D eigenvalue weighted by Crippen LogP contribution is -2.18. The fourth-order valence-corrected chi connectivity index (χ4v) is 1.12. The highest BCUT2D eigenvalue weighted by atomic mass is 35.5. The Kier molecular flexibility index (Phi) is 4.71. The first kappa shape index (κ1) is 12.9. The molecule has 1 aromatic rings. The second-order valence-electron chi connectivity index (χ2n) is 3.84. The highest BCUT2D eigenvalue weighted by molar-refractivity contribution is 6.29. The zero-order valence-electron chi connectivity index (χ0n) is 9.18. The second kappa shape index (κ2) is 5.82. The molecule has 0 aromatic carbocycles. The quantitative estimate of drug-likeness (QED) is 0.649. The predicted octanol–water partition coefficient (Wildman–Crippen LogP) is 1.97. The van der Waals surface area contributed by atoms with Gasteiger partial charge in [0.25, 0.3) is 0 Å². The van der Waals surface area contributed by atoms with Crippen molar-refractivity contribution in [3.63, 3.8) is 0 Å². The Bertz CT molecular complexity index is 351. The van der Waals surface area contributed by atoms with Gasteiger partial charge in [0.15, 0.2) is 6.10 Å². The van der Waals surface area contributed by atoms with E-state index in [1.54, 1.807) is 0 Å². The third-order valence-electron chi connectivity index (χ3n) is 1.85. The number of esters is 1. The Morgan fingerprint density at radius 3 is 2.75 bits per heavy atom. The van der Waals surface area contributed by atoms with Crippen LogP contribution in [0.3, 0.4) is 0 Å². The van der Waals surface area contributed by atoms with Crippen LogP contribution in [-0.2, 0) is 9.53 Å². The van der Waals surface area contributed by atoms with Crippen LogP contribution in [-0.4, -0.2) is 22.7 Å². The number of aliphatic hydroxyl groups is 1. The molecule has 4 nitrogen and oxygen atoms in total. The van der Waals surface area contributed by atoms with Crippen molar-refractivity contribution >= 4 is 17.6 Å². The summed E-state index contributed by atoms with van der Waals surface area (Å²) in [7, 11) is 0. The maximum absolute atomic E-state index is 11.4. The Hall–Kier alpha value is -1.13. The third kappa shape index (κ3) is 3.79. The number of nitrogens with zero attached hydrogens (tertiary/aromatic N) is 1. The van der Waals surface area contributed by atoms with Gasteiger partial charge in [-0.1, -0.05) is 31.5 Å².